The number of amides is 1. The number of benzene rings is 1. The number of hydrogen-bond donors (Lipinski definition) is 1. The van der Waals surface area contributed by atoms with Crippen LogP contribution in [0.4, 0.5) is 0 Å². The zero-order valence-corrected chi connectivity index (χ0v) is 14.8. The van der Waals surface area contributed by atoms with Gasteiger partial charge in [0.15, 0.2) is 0 Å². The van der Waals surface area contributed by atoms with Crippen LogP contribution in [0.3, 0.4) is 0 Å². The van der Waals surface area contributed by atoms with E-state index in [0.29, 0.717) is 6.54 Å². The molecule has 1 amide bonds. The SMILES string of the molecule is CCN1CCN(C(CNC(=O)C2CC2)c2ccccc2OC)CC1. The number of carbonyl (C=O) groups is 1. The summed E-state index contributed by atoms with van der Waals surface area (Å²) < 4.78 is 5.58. The fourth-order valence-corrected chi connectivity index (χ4v) is 3.46. The molecule has 1 aliphatic heterocycles. The topological polar surface area (TPSA) is 44.8 Å². The number of carbonyl (C=O) groups excluding carboxylic acids is 1. The Morgan fingerprint density at radius 3 is 2.58 bits per heavy atom. The van der Waals surface area contributed by atoms with Gasteiger partial charge in [-0.05, 0) is 25.5 Å². The Balaban J connectivity index is 1.73. The average Bonchev–Trinajstić information content (AvgIpc) is 3.48. The van der Waals surface area contributed by atoms with Crippen LogP contribution in [0.25, 0.3) is 0 Å². The van der Waals surface area contributed by atoms with Gasteiger partial charge in [-0.3, -0.25) is 9.69 Å². The van der Waals surface area contributed by atoms with Crippen LogP contribution in [-0.2, 0) is 4.79 Å². The maximum absolute atomic E-state index is 12.1. The van der Waals surface area contributed by atoms with Gasteiger partial charge in [0, 0.05) is 44.2 Å². The number of nitrogens with one attached hydrogen (secondary N) is 1. The van der Waals surface area contributed by atoms with Crippen LogP contribution in [0, 0.1) is 5.92 Å². The van der Waals surface area contributed by atoms with Crippen LogP contribution < -0.4 is 10.1 Å². The minimum absolute atomic E-state index is 0.169. The summed E-state index contributed by atoms with van der Waals surface area (Å²) in [4.78, 5) is 17.1. The van der Waals surface area contributed by atoms with Gasteiger partial charge in [0.1, 0.15) is 5.75 Å². The van der Waals surface area contributed by atoms with E-state index in [2.05, 4.69) is 34.2 Å². The Hall–Kier alpha value is -1.59. The first-order valence-corrected chi connectivity index (χ1v) is 9.10. The smallest absolute Gasteiger partial charge is 0.223 e. The Morgan fingerprint density at radius 1 is 1.25 bits per heavy atom. The van der Waals surface area contributed by atoms with Crippen LogP contribution >= 0.6 is 0 Å². The molecule has 2 aliphatic rings. The van der Waals surface area contributed by atoms with Crippen molar-refractivity contribution in [2.45, 2.75) is 25.8 Å². The van der Waals surface area contributed by atoms with E-state index in [1.807, 2.05) is 12.1 Å². The average molecular weight is 331 g/mol. The van der Waals surface area contributed by atoms with Crippen molar-refractivity contribution in [1.29, 1.82) is 0 Å². The van der Waals surface area contributed by atoms with E-state index < -0.39 is 0 Å². The van der Waals surface area contributed by atoms with Gasteiger partial charge in [0.2, 0.25) is 5.91 Å². The van der Waals surface area contributed by atoms with Crippen molar-refractivity contribution in [2.75, 3.05) is 46.4 Å². The molecule has 1 atom stereocenters. The van der Waals surface area contributed by atoms with Crippen molar-refractivity contribution in [1.82, 2.24) is 15.1 Å². The Morgan fingerprint density at radius 2 is 1.96 bits per heavy atom. The number of likely N-dealkylation sites (N-methyl/N-ethyl adjacent to an activating group) is 1. The fraction of sp³-hybridized carbons (Fsp3) is 0.632. The Bertz CT molecular complexity index is 551. The number of rotatable bonds is 7. The van der Waals surface area contributed by atoms with Crippen molar-refractivity contribution < 1.29 is 9.53 Å². The van der Waals surface area contributed by atoms with Crippen molar-refractivity contribution in [3.8, 4) is 5.75 Å². The van der Waals surface area contributed by atoms with Gasteiger partial charge in [-0.15, -0.1) is 0 Å². The third kappa shape index (κ3) is 4.08. The molecule has 2 fully saturated rings. The molecule has 132 valence electrons. The molecule has 0 radical (unpaired) electrons. The molecule has 1 saturated heterocycles. The molecule has 1 heterocycles. The quantitative estimate of drug-likeness (QED) is 0.829. The van der Waals surface area contributed by atoms with E-state index in [0.717, 1.165) is 51.3 Å². The molecule has 0 bridgehead atoms. The molecule has 5 nitrogen and oxygen atoms in total. The molecule has 1 aliphatic carbocycles. The maximum atomic E-state index is 12.1. The van der Waals surface area contributed by atoms with Crippen LogP contribution in [0.1, 0.15) is 31.4 Å². The minimum Gasteiger partial charge on any atom is -0.496 e. The summed E-state index contributed by atoms with van der Waals surface area (Å²) in [7, 11) is 1.72. The van der Waals surface area contributed by atoms with E-state index >= 15 is 0 Å². The van der Waals surface area contributed by atoms with E-state index in [4.69, 9.17) is 4.74 Å². The lowest BCUT2D eigenvalue weighted by molar-refractivity contribution is -0.122. The fourth-order valence-electron chi connectivity index (χ4n) is 3.46. The molecule has 24 heavy (non-hydrogen) atoms. The number of para-hydroxylation sites is 1. The van der Waals surface area contributed by atoms with Gasteiger partial charge in [-0.2, -0.15) is 0 Å². The third-order valence-corrected chi connectivity index (χ3v) is 5.21. The van der Waals surface area contributed by atoms with E-state index in [1.165, 1.54) is 5.56 Å². The first-order chi connectivity index (χ1) is 11.7. The minimum atomic E-state index is 0.169. The van der Waals surface area contributed by atoms with Crippen molar-refractivity contribution in [3.05, 3.63) is 29.8 Å². The zero-order chi connectivity index (χ0) is 16.9. The Labute approximate surface area is 145 Å². The molecule has 1 unspecified atom stereocenters. The lowest BCUT2D eigenvalue weighted by Gasteiger charge is -2.39. The number of piperazine rings is 1. The van der Waals surface area contributed by atoms with Gasteiger partial charge in [-0.1, -0.05) is 25.1 Å². The Kier molecular flexibility index (Phi) is 5.74. The molecule has 5 heteroatoms. The van der Waals surface area contributed by atoms with Crippen LogP contribution in [0.5, 0.6) is 5.75 Å². The first kappa shape index (κ1) is 17.2. The summed E-state index contributed by atoms with van der Waals surface area (Å²) in [5.74, 6) is 1.36. The first-order valence-electron chi connectivity index (χ1n) is 9.10. The van der Waals surface area contributed by atoms with Crippen molar-refractivity contribution in [2.24, 2.45) is 5.92 Å². The second-order valence-corrected chi connectivity index (χ2v) is 6.75. The monoisotopic (exact) mass is 331 g/mol. The molecule has 1 N–H and O–H groups in total. The van der Waals surface area contributed by atoms with Crippen LogP contribution in [0.2, 0.25) is 0 Å². The predicted molar refractivity (Wildman–Crippen MR) is 95.2 cm³/mol. The number of methoxy groups -OCH3 is 1. The van der Waals surface area contributed by atoms with Gasteiger partial charge in [0.05, 0.1) is 13.2 Å². The van der Waals surface area contributed by atoms with Crippen molar-refractivity contribution >= 4 is 5.91 Å². The predicted octanol–water partition coefficient (Wildman–Crippen LogP) is 1.90. The lowest BCUT2D eigenvalue weighted by Crippen LogP contribution is -2.49. The van der Waals surface area contributed by atoms with Gasteiger partial charge < -0.3 is 15.0 Å². The summed E-state index contributed by atoms with van der Waals surface area (Å²) in [5.41, 5.74) is 1.17. The highest BCUT2D eigenvalue weighted by Crippen LogP contribution is 2.31. The van der Waals surface area contributed by atoms with Crippen molar-refractivity contribution in [3.63, 3.8) is 0 Å². The van der Waals surface area contributed by atoms with Gasteiger partial charge >= 0.3 is 0 Å². The summed E-state index contributed by atoms with van der Waals surface area (Å²) >= 11 is 0. The summed E-state index contributed by atoms with van der Waals surface area (Å²) in [6.07, 6.45) is 2.08. The number of nitrogens with zero attached hydrogens (tertiary/aromatic N) is 2. The molecule has 1 saturated carbocycles. The second kappa shape index (κ2) is 7.99. The summed E-state index contributed by atoms with van der Waals surface area (Å²) in [6, 6.07) is 8.35. The molecular weight excluding hydrogens is 302 g/mol. The summed E-state index contributed by atoms with van der Waals surface area (Å²) in [5, 5.41) is 3.17. The third-order valence-electron chi connectivity index (χ3n) is 5.21. The zero-order valence-electron chi connectivity index (χ0n) is 14.8. The number of hydrogen-bond acceptors (Lipinski definition) is 4. The highest BCUT2D eigenvalue weighted by Gasteiger charge is 2.32. The highest BCUT2D eigenvalue weighted by atomic mass is 16.5. The second-order valence-electron chi connectivity index (χ2n) is 6.75. The highest BCUT2D eigenvalue weighted by molar-refractivity contribution is 5.80. The summed E-state index contributed by atoms with van der Waals surface area (Å²) in [6.45, 7) is 8.18. The molecule has 1 aromatic rings. The van der Waals surface area contributed by atoms with Gasteiger partial charge in [-0.25, -0.2) is 0 Å². The molecule has 3 rings (SSSR count). The van der Waals surface area contributed by atoms with E-state index in [9.17, 15) is 4.79 Å². The largest absolute Gasteiger partial charge is 0.496 e. The van der Waals surface area contributed by atoms with E-state index in [-0.39, 0.29) is 17.9 Å². The molecular formula is C19H29N3O2. The van der Waals surface area contributed by atoms with E-state index in [1.54, 1.807) is 7.11 Å². The van der Waals surface area contributed by atoms with Crippen LogP contribution in [0.15, 0.2) is 24.3 Å². The molecule has 0 aromatic heterocycles. The molecule has 1 aromatic carbocycles. The maximum Gasteiger partial charge on any atom is 0.223 e. The molecule has 0 spiro atoms. The van der Waals surface area contributed by atoms with Gasteiger partial charge in [0.25, 0.3) is 0 Å². The standard InChI is InChI=1S/C19H29N3O2/c1-3-21-10-12-22(13-11-21)17(14-20-19(23)15-8-9-15)16-6-4-5-7-18(16)24-2/h4-7,15,17H,3,8-14H2,1-2H3,(H,20,23). The lowest BCUT2D eigenvalue weighted by atomic mass is 10.0. The number of ether oxygens (including phenoxy) is 1. The van der Waals surface area contributed by atoms with Crippen LogP contribution in [-0.4, -0.2) is 62.1 Å². The normalized spacial score (nSPS) is 20.6.